The van der Waals surface area contributed by atoms with Crippen molar-refractivity contribution in [2.45, 2.75) is 41.5 Å². The molecular formula is C16H23NO2. The van der Waals surface area contributed by atoms with Crippen LogP contribution in [-0.4, -0.2) is 11.7 Å². The molecule has 0 atom stereocenters. The molecule has 0 aromatic rings. The summed E-state index contributed by atoms with van der Waals surface area (Å²) < 4.78 is 0. The average Bonchev–Trinajstić information content (AvgIpc) is 2.16. The van der Waals surface area contributed by atoms with Gasteiger partial charge >= 0.3 is 0 Å². The predicted octanol–water partition coefficient (Wildman–Crippen LogP) is 2.93. The van der Waals surface area contributed by atoms with Crippen molar-refractivity contribution in [1.29, 1.82) is 0 Å². The summed E-state index contributed by atoms with van der Waals surface area (Å²) in [5, 5.41) is 0. The second-order valence-electron chi connectivity index (χ2n) is 6.99. The molecule has 0 fully saturated rings. The summed E-state index contributed by atoms with van der Waals surface area (Å²) in [5.74, 6) is -0.444. The van der Waals surface area contributed by atoms with Crippen LogP contribution in [0, 0.1) is 10.8 Å². The van der Waals surface area contributed by atoms with Gasteiger partial charge in [0.1, 0.15) is 0 Å². The molecule has 0 heterocycles. The van der Waals surface area contributed by atoms with Crippen molar-refractivity contribution >= 4 is 11.7 Å². The SMILES string of the molecule is CC(C)(C)C1=CC(=CC(N)=O)C=C(C(C)(C)C)C1=O. The first-order valence-electron chi connectivity index (χ1n) is 6.43. The molecule has 3 nitrogen and oxygen atoms in total. The van der Waals surface area contributed by atoms with Gasteiger partial charge in [-0.2, -0.15) is 0 Å². The highest BCUT2D eigenvalue weighted by Crippen LogP contribution is 2.38. The maximum atomic E-state index is 12.6. The number of amides is 1. The van der Waals surface area contributed by atoms with E-state index in [2.05, 4.69) is 0 Å². The summed E-state index contributed by atoms with van der Waals surface area (Å²) >= 11 is 0. The Kier molecular flexibility index (Phi) is 3.89. The van der Waals surface area contributed by atoms with Gasteiger partial charge in [0.2, 0.25) is 5.91 Å². The number of hydrogen-bond donors (Lipinski definition) is 1. The zero-order chi connectivity index (χ0) is 15.0. The highest BCUT2D eigenvalue weighted by molar-refractivity contribution is 6.12. The van der Waals surface area contributed by atoms with Gasteiger partial charge in [0.05, 0.1) is 0 Å². The zero-order valence-corrected chi connectivity index (χ0v) is 12.6. The fraction of sp³-hybridized carbons (Fsp3) is 0.500. The third-order valence-corrected chi connectivity index (χ3v) is 3.04. The number of carbonyl (C=O) groups is 2. The van der Waals surface area contributed by atoms with E-state index in [0.29, 0.717) is 16.7 Å². The minimum atomic E-state index is -0.502. The molecule has 1 aliphatic carbocycles. The third kappa shape index (κ3) is 3.66. The number of nitrogens with two attached hydrogens (primary N) is 1. The number of rotatable bonds is 1. The van der Waals surface area contributed by atoms with Crippen molar-refractivity contribution in [2.75, 3.05) is 0 Å². The second-order valence-corrected chi connectivity index (χ2v) is 6.99. The fourth-order valence-electron chi connectivity index (χ4n) is 2.01. The molecule has 0 aromatic heterocycles. The Morgan fingerprint density at radius 3 is 1.63 bits per heavy atom. The Labute approximate surface area is 115 Å². The minimum absolute atomic E-state index is 0.0571. The van der Waals surface area contributed by atoms with Crippen LogP contribution < -0.4 is 5.73 Å². The minimum Gasteiger partial charge on any atom is -0.366 e. The van der Waals surface area contributed by atoms with Crippen LogP contribution in [0.25, 0.3) is 0 Å². The monoisotopic (exact) mass is 261 g/mol. The van der Waals surface area contributed by atoms with E-state index >= 15 is 0 Å². The maximum absolute atomic E-state index is 12.6. The topological polar surface area (TPSA) is 60.2 Å². The van der Waals surface area contributed by atoms with E-state index in [0.717, 1.165) is 0 Å². The molecule has 2 N–H and O–H groups in total. The first-order chi connectivity index (χ1) is 8.43. The van der Waals surface area contributed by atoms with Crippen LogP contribution in [0.2, 0.25) is 0 Å². The van der Waals surface area contributed by atoms with Gasteiger partial charge in [-0.3, -0.25) is 9.59 Å². The van der Waals surface area contributed by atoms with Crippen LogP contribution in [0.5, 0.6) is 0 Å². The lowest BCUT2D eigenvalue weighted by atomic mass is 9.72. The van der Waals surface area contributed by atoms with Crippen LogP contribution in [0.4, 0.5) is 0 Å². The van der Waals surface area contributed by atoms with Crippen molar-refractivity contribution in [2.24, 2.45) is 16.6 Å². The Hall–Kier alpha value is -1.64. The molecule has 1 rings (SSSR count). The van der Waals surface area contributed by atoms with Gasteiger partial charge in [0.15, 0.2) is 5.78 Å². The van der Waals surface area contributed by atoms with E-state index in [1.165, 1.54) is 6.08 Å². The average molecular weight is 261 g/mol. The molecule has 19 heavy (non-hydrogen) atoms. The zero-order valence-electron chi connectivity index (χ0n) is 12.6. The number of carbonyl (C=O) groups excluding carboxylic acids is 2. The maximum Gasteiger partial charge on any atom is 0.241 e. The molecule has 3 heteroatoms. The standard InChI is InChI=1S/C16H23NO2/c1-15(2,3)11-7-10(9-13(17)18)8-12(14(11)19)16(4,5)6/h7-9H,1-6H3,(H2,17,18). The van der Waals surface area contributed by atoms with E-state index in [1.54, 1.807) is 12.2 Å². The van der Waals surface area contributed by atoms with E-state index in [-0.39, 0.29) is 16.6 Å². The molecule has 104 valence electrons. The molecule has 0 saturated carbocycles. The normalized spacial score (nSPS) is 16.9. The third-order valence-electron chi connectivity index (χ3n) is 3.04. The van der Waals surface area contributed by atoms with Gasteiger partial charge in [0, 0.05) is 17.2 Å². The summed E-state index contributed by atoms with van der Waals surface area (Å²) in [6, 6.07) is 0. The molecule has 1 amide bonds. The van der Waals surface area contributed by atoms with Gasteiger partial charge in [-0.05, 0) is 28.6 Å². The smallest absolute Gasteiger partial charge is 0.241 e. The lowest BCUT2D eigenvalue weighted by Crippen LogP contribution is -2.28. The predicted molar refractivity (Wildman–Crippen MR) is 77.4 cm³/mol. The molecule has 0 unspecified atom stereocenters. The lowest BCUT2D eigenvalue weighted by Gasteiger charge is -2.31. The highest BCUT2D eigenvalue weighted by atomic mass is 16.1. The van der Waals surface area contributed by atoms with Crippen LogP contribution >= 0.6 is 0 Å². The summed E-state index contributed by atoms with van der Waals surface area (Å²) in [7, 11) is 0. The number of allylic oxidation sites excluding steroid dienone is 5. The van der Waals surface area contributed by atoms with Crippen molar-refractivity contribution in [3.05, 3.63) is 34.9 Å². The largest absolute Gasteiger partial charge is 0.366 e. The van der Waals surface area contributed by atoms with Crippen molar-refractivity contribution < 1.29 is 9.59 Å². The van der Waals surface area contributed by atoms with Crippen LogP contribution in [-0.2, 0) is 9.59 Å². The van der Waals surface area contributed by atoms with Crippen molar-refractivity contribution in [1.82, 2.24) is 0 Å². The van der Waals surface area contributed by atoms with Gasteiger partial charge in [-0.15, -0.1) is 0 Å². The Morgan fingerprint density at radius 1 is 1.00 bits per heavy atom. The Morgan fingerprint density at radius 2 is 1.37 bits per heavy atom. The fourth-order valence-corrected chi connectivity index (χ4v) is 2.01. The number of Topliss-reactive ketones (excluding diaryl/α,β-unsaturated/α-hetero) is 1. The van der Waals surface area contributed by atoms with Gasteiger partial charge in [-0.25, -0.2) is 0 Å². The summed E-state index contributed by atoms with van der Waals surface area (Å²) in [6.45, 7) is 11.9. The number of primary amides is 1. The number of hydrogen-bond acceptors (Lipinski definition) is 2. The Balaban J connectivity index is 3.43. The summed E-state index contributed by atoms with van der Waals surface area (Å²) in [4.78, 5) is 23.6. The van der Waals surface area contributed by atoms with Crippen molar-refractivity contribution in [3.63, 3.8) is 0 Å². The van der Waals surface area contributed by atoms with Gasteiger partial charge < -0.3 is 5.73 Å². The van der Waals surface area contributed by atoms with E-state index in [1.807, 2.05) is 41.5 Å². The summed E-state index contributed by atoms with van der Waals surface area (Å²) in [6.07, 6.45) is 4.90. The molecule has 0 bridgehead atoms. The number of ketones is 1. The van der Waals surface area contributed by atoms with Crippen LogP contribution in [0.3, 0.4) is 0 Å². The molecule has 0 saturated heterocycles. The highest BCUT2D eigenvalue weighted by Gasteiger charge is 2.33. The van der Waals surface area contributed by atoms with Crippen molar-refractivity contribution in [3.8, 4) is 0 Å². The molecule has 0 aromatic carbocycles. The van der Waals surface area contributed by atoms with Gasteiger partial charge in [-0.1, -0.05) is 41.5 Å². The first kappa shape index (κ1) is 15.4. The molecular weight excluding hydrogens is 238 g/mol. The Bertz CT molecular complexity index is 470. The second kappa shape index (κ2) is 4.80. The molecule has 1 aliphatic rings. The lowest BCUT2D eigenvalue weighted by molar-refractivity contribution is -0.114. The van der Waals surface area contributed by atoms with Crippen LogP contribution in [0.15, 0.2) is 34.9 Å². The van der Waals surface area contributed by atoms with Crippen LogP contribution in [0.1, 0.15) is 41.5 Å². The van der Waals surface area contributed by atoms with E-state index in [9.17, 15) is 9.59 Å². The quantitative estimate of drug-likeness (QED) is 0.738. The first-order valence-corrected chi connectivity index (χ1v) is 6.43. The van der Waals surface area contributed by atoms with Gasteiger partial charge in [0.25, 0.3) is 0 Å². The van der Waals surface area contributed by atoms with E-state index < -0.39 is 5.91 Å². The molecule has 0 spiro atoms. The molecule has 0 radical (unpaired) electrons. The van der Waals surface area contributed by atoms with E-state index in [4.69, 9.17) is 5.73 Å². The summed E-state index contributed by atoms with van der Waals surface area (Å²) in [5.41, 5.74) is 6.80. The molecule has 0 aliphatic heterocycles.